The van der Waals surface area contributed by atoms with Crippen LogP contribution in [0.15, 0.2) is 18.2 Å². The van der Waals surface area contributed by atoms with Crippen LogP contribution in [-0.2, 0) is 4.79 Å². The summed E-state index contributed by atoms with van der Waals surface area (Å²) in [5.74, 6) is 0.903. The largest absolute Gasteiger partial charge is 0.496 e. The number of methoxy groups -OCH3 is 1. The Kier molecular flexibility index (Phi) is 5.01. The standard InChI is InChI=1S/C16H24N2O2/c1-11-7-8-15(20-3)13(10-11)12(2)18-16(19)14-6-4-5-9-17-14/h7-8,10,12,14,17H,4-6,9H2,1-3H3,(H,18,19)/t12?,14-/m1/s1. The second kappa shape index (κ2) is 6.75. The zero-order valence-corrected chi connectivity index (χ0v) is 12.5. The number of hydrogen-bond donors (Lipinski definition) is 2. The Bertz CT molecular complexity index is 468. The van der Waals surface area contributed by atoms with Gasteiger partial charge in [0.2, 0.25) is 5.91 Å². The quantitative estimate of drug-likeness (QED) is 0.887. The molecule has 0 aromatic heterocycles. The van der Waals surface area contributed by atoms with Crippen LogP contribution in [0.25, 0.3) is 0 Å². The second-order valence-corrected chi connectivity index (χ2v) is 5.48. The van der Waals surface area contributed by atoms with Gasteiger partial charge in [0.25, 0.3) is 0 Å². The lowest BCUT2D eigenvalue weighted by molar-refractivity contribution is -0.124. The normalized spacial score (nSPS) is 20.2. The molecule has 0 bridgehead atoms. The van der Waals surface area contributed by atoms with Crippen LogP contribution in [0, 0.1) is 6.92 Å². The minimum atomic E-state index is -0.0546. The zero-order chi connectivity index (χ0) is 14.5. The van der Waals surface area contributed by atoms with Crippen molar-refractivity contribution in [2.24, 2.45) is 0 Å². The van der Waals surface area contributed by atoms with Crippen molar-refractivity contribution in [3.8, 4) is 5.75 Å². The number of amides is 1. The van der Waals surface area contributed by atoms with E-state index >= 15 is 0 Å². The van der Waals surface area contributed by atoms with E-state index in [0.29, 0.717) is 0 Å². The van der Waals surface area contributed by atoms with E-state index in [-0.39, 0.29) is 18.0 Å². The summed E-state index contributed by atoms with van der Waals surface area (Å²) in [6, 6.07) is 5.92. The maximum absolute atomic E-state index is 12.3. The maximum atomic E-state index is 12.3. The van der Waals surface area contributed by atoms with E-state index in [1.807, 2.05) is 26.0 Å². The molecular formula is C16H24N2O2. The summed E-state index contributed by atoms with van der Waals surface area (Å²) in [6.45, 7) is 4.97. The first kappa shape index (κ1) is 14.9. The Hall–Kier alpha value is -1.55. The third-order valence-electron chi connectivity index (χ3n) is 3.84. The summed E-state index contributed by atoms with van der Waals surface area (Å²) in [5, 5.41) is 6.36. The Morgan fingerprint density at radius 2 is 2.25 bits per heavy atom. The van der Waals surface area contributed by atoms with Crippen molar-refractivity contribution in [3.05, 3.63) is 29.3 Å². The first-order chi connectivity index (χ1) is 9.61. The van der Waals surface area contributed by atoms with Gasteiger partial charge >= 0.3 is 0 Å². The summed E-state index contributed by atoms with van der Waals surface area (Å²) >= 11 is 0. The van der Waals surface area contributed by atoms with E-state index in [9.17, 15) is 4.79 Å². The van der Waals surface area contributed by atoms with Gasteiger partial charge in [0.1, 0.15) is 5.75 Å². The summed E-state index contributed by atoms with van der Waals surface area (Å²) in [7, 11) is 1.66. The second-order valence-electron chi connectivity index (χ2n) is 5.48. The average molecular weight is 276 g/mol. The highest BCUT2D eigenvalue weighted by Gasteiger charge is 2.23. The van der Waals surface area contributed by atoms with Crippen molar-refractivity contribution in [1.29, 1.82) is 0 Å². The van der Waals surface area contributed by atoms with Crippen LogP contribution < -0.4 is 15.4 Å². The van der Waals surface area contributed by atoms with Crippen LogP contribution in [0.4, 0.5) is 0 Å². The van der Waals surface area contributed by atoms with Gasteiger partial charge in [-0.05, 0) is 39.3 Å². The molecule has 1 aliphatic heterocycles. The fourth-order valence-electron chi connectivity index (χ4n) is 2.66. The third kappa shape index (κ3) is 3.51. The van der Waals surface area contributed by atoms with Gasteiger partial charge in [-0.3, -0.25) is 4.79 Å². The molecule has 0 aliphatic carbocycles. The van der Waals surface area contributed by atoms with Crippen LogP contribution in [0.3, 0.4) is 0 Å². The fourth-order valence-corrected chi connectivity index (χ4v) is 2.66. The van der Waals surface area contributed by atoms with Crippen LogP contribution >= 0.6 is 0 Å². The van der Waals surface area contributed by atoms with Gasteiger partial charge < -0.3 is 15.4 Å². The monoisotopic (exact) mass is 276 g/mol. The molecule has 4 nitrogen and oxygen atoms in total. The molecule has 0 saturated carbocycles. The number of nitrogens with one attached hydrogen (secondary N) is 2. The van der Waals surface area contributed by atoms with Crippen LogP contribution in [-0.4, -0.2) is 25.6 Å². The van der Waals surface area contributed by atoms with Gasteiger partial charge in [0, 0.05) is 5.56 Å². The Balaban J connectivity index is 2.05. The molecule has 0 spiro atoms. The van der Waals surface area contributed by atoms with Gasteiger partial charge in [0.15, 0.2) is 0 Å². The molecule has 1 fully saturated rings. The van der Waals surface area contributed by atoms with Gasteiger partial charge in [-0.25, -0.2) is 0 Å². The Morgan fingerprint density at radius 3 is 2.90 bits per heavy atom. The number of rotatable bonds is 4. The van der Waals surface area contributed by atoms with Crippen molar-refractivity contribution >= 4 is 5.91 Å². The van der Waals surface area contributed by atoms with E-state index in [1.165, 1.54) is 0 Å². The first-order valence-corrected chi connectivity index (χ1v) is 7.30. The number of benzene rings is 1. The molecule has 1 aromatic rings. The Morgan fingerprint density at radius 1 is 1.45 bits per heavy atom. The smallest absolute Gasteiger partial charge is 0.237 e. The highest BCUT2D eigenvalue weighted by Crippen LogP contribution is 2.26. The lowest BCUT2D eigenvalue weighted by Crippen LogP contribution is -2.47. The van der Waals surface area contributed by atoms with Crippen molar-refractivity contribution in [3.63, 3.8) is 0 Å². The summed E-state index contributed by atoms with van der Waals surface area (Å²) in [6.07, 6.45) is 3.20. The summed E-state index contributed by atoms with van der Waals surface area (Å²) < 4.78 is 5.38. The molecule has 0 radical (unpaired) electrons. The topological polar surface area (TPSA) is 50.4 Å². The molecule has 110 valence electrons. The van der Waals surface area contributed by atoms with Crippen molar-refractivity contribution in [2.45, 2.75) is 45.2 Å². The molecule has 1 aliphatic rings. The lowest BCUT2D eigenvalue weighted by Gasteiger charge is -2.25. The highest BCUT2D eigenvalue weighted by molar-refractivity contribution is 5.82. The molecule has 1 unspecified atom stereocenters. The molecule has 2 atom stereocenters. The highest BCUT2D eigenvalue weighted by atomic mass is 16.5. The van der Waals surface area contributed by atoms with Gasteiger partial charge in [-0.15, -0.1) is 0 Å². The van der Waals surface area contributed by atoms with Gasteiger partial charge in [-0.1, -0.05) is 24.1 Å². The fraction of sp³-hybridized carbons (Fsp3) is 0.562. The van der Waals surface area contributed by atoms with E-state index in [4.69, 9.17) is 4.74 Å². The average Bonchev–Trinajstić information content (AvgIpc) is 2.48. The summed E-state index contributed by atoms with van der Waals surface area (Å²) in [5.41, 5.74) is 2.19. The predicted octanol–water partition coefficient (Wildman–Crippen LogP) is 2.32. The zero-order valence-electron chi connectivity index (χ0n) is 12.5. The lowest BCUT2D eigenvalue weighted by atomic mass is 10.0. The van der Waals surface area contributed by atoms with E-state index < -0.39 is 0 Å². The number of carbonyl (C=O) groups excluding carboxylic acids is 1. The SMILES string of the molecule is COc1ccc(C)cc1C(C)NC(=O)[C@H]1CCCCN1. The molecule has 1 aromatic carbocycles. The molecule has 1 amide bonds. The number of ether oxygens (including phenoxy) is 1. The van der Waals surface area contributed by atoms with Gasteiger partial charge in [0.05, 0.1) is 19.2 Å². The first-order valence-electron chi connectivity index (χ1n) is 7.30. The van der Waals surface area contributed by atoms with Crippen LogP contribution in [0.2, 0.25) is 0 Å². The molecule has 20 heavy (non-hydrogen) atoms. The minimum absolute atomic E-state index is 0.0537. The predicted molar refractivity (Wildman–Crippen MR) is 79.9 cm³/mol. The molecule has 4 heteroatoms. The minimum Gasteiger partial charge on any atom is -0.496 e. The number of piperidine rings is 1. The molecule has 2 N–H and O–H groups in total. The van der Waals surface area contributed by atoms with Gasteiger partial charge in [-0.2, -0.15) is 0 Å². The molecule has 1 saturated heterocycles. The molecule has 1 heterocycles. The van der Waals surface area contributed by atoms with E-state index in [2.05, 4.69) is 16.7 Å². The number of carbonyl (C=O) groups is 1. The van der Waals surface area contributed by atoms with Crippen LogP contribution in [0.5, 0.6) is 5.75 Å². The van der Waals surface area contributed by atoms with E-state index in [1.54, 1.807) is 7.11 Å². The van der Waals surface area contributed by atoms with Crippen molar-refractivity contribution in [1.82, 2.24) is 10.6 Å². The number of hydrogen-bond acceptors (Lipinski definition) is 3. The van der Waals surface area contributed by atoms with Crippen molar-refractivity contribution in [2.75, 3.05) is 13.7 Å². The molecule has 2 rings (SSSR count). The Labute approximate surface area is 120 Å². The maximum Gasteiger partial charge on any atom is 0.237 e. The third-order valence-corrected chi connectivity index (χ3v) is 3.84. The molecular weight excluding hydrogens is 252 g/mol. The summed E-state index contributed by atoms with van der Waals surface area (Å²) in [4.78, 5) is 12.3. The number of aryl methyl sites for hydroxylation is 1. The van der Waals surface area contributed by atoms with E-state index in [0.717, 1.165) is 42.7 Å². The van der Waals surface area contributed by atoms with Crippen LogP contribution in [0.1, 0.15) is 43.4 Å². The van der Waals surface area contributed by atoms with Crippen molar-refractivity contribution < 1.29 is 9.53 Å².